The van der Waals surface area contributed by atoms with E-state index in [-0.39, 0.29) is 35.1 Å². The molecule has 0 saturated carbocycles. The smallest absolute Gasteiger partial charge is 0.191 e. The average Bonchev–Trinajstić information content (AvgIpc) is 2.65. The maximum atomic E-state index is 11.4. The van der Waals surface area contributed by atoms with Crippen LogP contribution in [0.15, 0.2) is 59.6 Å². The number of hydrogen-bond donors (Lipinski definition) is 2. The standard InChI is InChI=1S/C22H31N3O2S.HI/c1-5-23-21(25-17-22(2,3)20-9-7-6-8-10-20)24-15-18-11-13-19(14-12-18)16-28(4,26)27;/h6-14H,5,15-17H2,1-4H3,(H2,23,24,25);1H. The van der Waals surface area contributed by atoms with E-state index in [1.54, 1.807) is 0 Å². The molecular weight excluding hydrogens is 497 g/mol. The topological polar surface area (TPSA) is 70.6 Å². The molecule has 7 heteroatoms. The third-order valence-electron chi connectivity index (χ3n) is 4.47. The van der Waals surface area contributed by atoms with Crippen molar-refractivity contribution < 1.29 is 8.42 Å². The number of benzene rings is 2. The molecule has 0 spiro atoms. The van der Waals surface area contributed by atoms with Gasteiger partial charge >= 0.3 is 0 Å². The molecule has 160 valence electrons. The van der Waals surface area contributed by atoms with Crippen LogP contribution in [0.1, 0.15) is 37.5 Å². The molecular formula is C22H32IN3O2S. The van der Waals surface area contributed by atoms with Gasteiger partial charge in [0, 0.05) is 24.8 Å². The number of hydrogen-bond acceptors (Lipinski definition) is 3. The molecule has 0 amide bonds. The van der Waals surface area contributed by atoms with Gasteiger partial charge in [0.25, 0.3) is 0 Å². The van der Waals surface area contributed by atoms with Gasteiger partial charge in [-0.05, 0) is 23.6 Å². The van der Waals surface area contributed by atoms with Crippen molar-refractivity contribution in [3.8, 4) is 0 Å². The number of sulfone groups is 1. The average molecular weight is 529 g/mol. The summed E-state index contributed by atoms with van der Waals surface area (Å²) in [4.78, 5) is 4.66. The molecule has 29 heavy (non-hydrogen) atoms. The Hall–Kier alpha value is -1.61. The van der Waals surface area contributed by atoms with E-state index >= 15 is 0 Å². The number of aliphatic imine (C=N–C) groups is 1. The second-order valence-corrected chi connectivity index (χ2v) is 9.83. The highest BCUT2D eigenvalue weighted by molar-refractivity contribution is 14.0. The fraction of sp³-hybridized carbons (Fsp3) is 0.409. The zero-order valence-corrected chi connectivity index (χ0v) is 20.8. The van der Waals surface area contributed by atoms with Gasteiger partial charge in [-0.3, -0.25) is 0 Å². The second kappa shape index (κ2) is 11.5. The van der Waals surface area contributed by atoms with E-state index in [1.165, 1.54) is 11.8 Å². The zero-order valence-electron chi connectivity index (χ0n) is 17.6. The Morgan fingerprint density at radius 2 is 1.55 bits per heavy atom. The lowest BCUT2D eigenvalue weighted by Crippen LogP contribution is -2.43. The van der Waals surface area contributed by atoms with Crippen LogP contribution >= 0.6 is 24.0 Å². The number of nitrogens with one attached hydrogen (secondary N) is 2. The van der Waals surface area contributed by atoms with Crippen LogP contribution in [0.4, 0.5) is 0 Å². The Morgan fingerprint density at radius 3 is 2.10 bits per heavy atom. The fourth-order valence-electron chi connectivity index (χ4n) is 2.85. The summed E-state index contributed by atoms with van der Waals surface area (Å²) in [5.74, 6) is 0.835. The molecule has 0 heterocycles. The summed E-state index contributed by atoms with van der Waals surface area (Å²) in [6, 6.07) is 18.0. The molecule has 2 aromatic carbocycles. The lowest BCUT2D eigenvalue weighted by atomic mass is 9.85. The lowest BCUT2D eigenvalue weighted by Gasteiger charge is -2.26. The Bertz CT molecular complexity index is 880. The Labute approximate surface area is 192 Å². The molecule has 0 radical (unpaired) electrons. The largest absolute Gasteiger partial charge is 0.357 e. The van der Waals surface area contributed by atoms with Crippen LogP contribution < -0.4 is 10.6 Å². The van der Waals surface area contributed by atoms with Crippen molar-refractivity contribution in [2.45, 2.75) is 38.5 Å². The minimum absolute atomic E-state index is 0. The highest BCUT2D eigenvalue weighted by Gasteiger charge is 2.20. The first kappa shape index (κ1) is 25.4. The van der Waals surface area contributed by atoms with Crippen molar-refractivity contribution in [3.63, 3.8) is 0 Å². The summed E-state index contributed by atoms with van der Waals surface area (Å²) in [7, 11) is -3.01. The Balaban J connectivity index is 0.00000420. The van der Waals surface area contributed by atoms with E-state index in [1.807, 2.05) is 37.3 Å². The molecule has 2 aromatic rings. The quantitative estimate of drug-likeness (QED) is 0.310. The molecule has 0 saturated heterocycles. The van der Waals surface area contributed by atoms with Gasteiger partial charge in [0.15, 0.2) is 15.8 Å². The summed E-state index contributed by atoms with van der Waals surface area (Å²) >= 11 is 0. The summed E-state index contributed by atoms with van der Waals surface area (Å²) in [6.45, 7) is 8.53. The highest BCUT2D eigenvalue weighted by Crippen LogP contribution is 2.21. The van der Waals surface area contributed by atoms with E-state index in [0.29, 0.717) is 6.54 Å². The molecule has 0 fully saturated rings. The third kappa shape index (κ3) is 9.16. The van der Waals surface area contributed by atoms with Crippen LogP contribution in [-0.2, 0) is 27.5 Å². The minimum Gasteiger partial charge on any atom is -0.357 e. The Morgan fingerprint density at radius 1 is 0.966 bits per heavy atom. The molecule has 0 aliphatic rings. The molecule has 0 aromatic heterocycles. The normalized spacial score (nSPS) is 12.2. The van der Waals surface area contributed by atoms with Gasteiger partial charge in [0.2, 0.25) is 0 Å². The molecule has 0 unspecified atom stereocenters. The van der Waals surface area contributed by atoms with Gasteiger partial charge in [0.1, 0.15) is 0 Å². The predicted octanol–water partition coefficient (Wildman–Crippen LogP) is 3.88. The summed E-state index contributed by atoms with van der Waals surface area (Å²) in [5, 5.41) is 6.71. The maximum Gasteiger partial charge on any atom is 0.191 e. The summed E-state index contributed by atoms with van der Waals surface area (Å²) < 4.78 is 22.8. The molecule has 0 atom stereocenters. The van der Waals surface area contributed by atoms with Crippen LogP contribution in [-0.4, -0.2) is 33.7 Å². The van der Waals surface area contributed by atoms with Crippen molar-refractivity contribution in [2.75, 3.05) is 19.3 Å². The number of rotatable bonds is 8. The first-order valence-electron chi connectivity index (χ1n) is 9.53. The maximum absolute atomic E-state index is 11.4. The first-order chi connectivity index (χ1) is 13.2. The van der Waals surface area contributed by atoms with Crippen LogP contribution in [0.3, 0.4) is 0 Å². The molecule has 2 N–H and O–H groups in total. The fourth-order valence-corrected chi connectivity index (χ4v) is 3.65. The monoisotopic (exact) mass is 529 g/mol. The van der Waals surface area contributed by atoms with E-state index in [2.05, 4.69) is 53.7 Å². The van der Waals surface area contributed by atoms with E-state index < -0.39 is 9.84 Å². The predicted molar refractivity (Wildman–Crippen MR) is 133 cm³/mol. The Kier molecular flexibility index (Phi) is 10.1. The van der Waals surface area contributed by atoms with E-state index in [9.17, 15) is 8.42 Å². The first-order valence-corrected chi connectivity index (χ1v) is 11.6. The minimum atomic E-state index is -3.01. The molecule has 0 aliphatic heterocycles. The number of guanidine groups is 1. The lowest BCUT2D eigenvalue weighted by molar-refractivity contribution is 0.508. The summed E-state index contributed by atoms with van der Waals surface area (Å²) in [6.07, 6.45) is 1.25. The van der Waals surface area contributed by atoms with Crippen LogP contribution in [0.25, 0.3) is 0 Å². The van der Waals surface area contributed by atoms with Crippen LogP contribution in [0.5, 0.6) is 0 Å². The van der Waals surface area contributed by atoms with Gasteiger partial charge in [-0.15, -0.1) is 24.0 Å². The van der Waals surface area contributed by atoms with Crippen LogP contribution in [0, 0.1) is 0 Å². The van der Waals surface area contributed by atoms with Gasteiger partial charge in [0.05, 0.1) is 12.3 Å². The molecule has 5 nitrogen and oxygen atoms in total. The van der Waals surface area contributed by atoms with E-state index in [0.717, 1.165) is 30.2 Å². The van der Waals surface area contributed by atoms with Gasteiger partial charge in [-0.2, -0.15) is 0 Å². The second-order valence-electron chi connectivity index (χ2n) is 7.69. The van der Waals surface area contributed by atoms with Crippen molar-refractivity contribution in [1.29, 1.82) is 0 Å². The SMILES string of the molecule is CCNC(=NCc1ccc(CS(C)(=O)=O)cc1)NCC(C)(C)c1ccccc1.I. The van der Waals surface area contributed by atoms with Gasteiger partial charge in [-0.1, -0.05) is 68.4 Å². The number of halogens is 1. The van der Waals surface area contributed by atoms with E-state index in [4.69, 9.17) is 0 Å². The summed E-state index contributed by atoms with van der Waals surface area (Å²) in [5.41, 5.74) is 3.09. The van der Waals surface area contributed by atoms with Crippen molar-refractivity contribution in [2.24, 2.45) is 4.99 Å². The van der Waals surface area contributed by atoms with Crippen molar-refractivity contribution in [3.05, 3.63) is 71.3 Å². The zero-order chi connectivity index (χ0) is 20.6. The molecule has 0 bridgehead atoms. The van der Waals surface area contributed by atoms with Crippen LogP contribution in [0.2, 0.25) is 0 Å². The van der Waals surface area contributed by atoms with Crippen molar-refractivity contribution in [1.82, 2.24) is 10.6 Å². The third-order valence-corrected chi connectivity index (χ3v) is 5.33. The number of nitrogens with zero attached hydrogens (tertiary/aromatic N) is 1. The highest BCUT2D eigenvalue weighted by atomic mass is 127. The van der Waals surface area contributed by atoms with Gasteiger partial charge < -0.3 is 10.6 Å². The van der Waals surface area contributed by atoms with Gasteiger partial charge in [-0.25, -0.2) is 13.4 Å². The molecule has 2 rings (SSSR count). The van der Waals surface area contributed by atoms with Crippen molar-refractivity contribution >= 4 is 39.8 Å². The molecule has 0 aliphatic carbocycles.